The minimum Gasteiger partial charge on any atom is -0.481 e. The van der Waals surface area contributed by atoms with Gasteiger partial charge < -0.3 is 14.9 Å². The molecule has 0 bridgehead atoms. The highest BCUT2D eigenvalue weighted by atomic mass is 16.5. The van der Waals surface area contributed by atoms with Crippen molar-refractivity contribution in [3.05, 3.63) is 42.5 Å². The summed E-state index contributed by atoms with van der Waals surface area (Å²) in [6, 6.07) is 6.49. The summed E-state index contributed by atoms with van der Waals surface area (Å²) >= 11 is 0. The van der Waals surface area contributed by atoms with Crippen LogP contribution in [0.25, 0.3) is 0 Å². The van der Waals surface area contributed by atoms with Crippen molar-refractivity contribution >= 4 is 11.9 Å². The van der Waals surface area contributed by atoms with Crippen LogP contribution < -0.4 is 4.74 Å². The van der Waals surface area contributed by atoms with Crippen LogP contribution in [0.1, 0.15) is 30.9 Å². The highest BCUT2D eigenvalue weighted by Crippen LogP contribution is 2.22. The van der Waals surface area contributed by atoms with Crippen molar-refractivity contribution in [1.29, 1.82) is 0 Å². The molecule has 5 nitrogen and oxygen atoms in total. The molecule has 19 heavy (non-hydrogen) atoms. The second kappa shape index (κ2) is 7.33. The van der Waals surface area contributed by atoms with Crippen molar-refractivity contribution in [2.45, 2.75) is 25.4 Å². The average Bonchev–Trinajstić information content (AvgIpc) is 2.37. The standard InChI is InChI=1S/C14H16O5/c1-2-4-12(15)10-5-3-6-11(9-10)19-14(18)8-7-13(16)17/h2-3,5-6,9,12,15H,1,4,7-8H2,(H,16,17). The average molecular weight is 264 g/mol. The van der Waals surface area contributed by atoms with Gasteiger partial charge in [0.25, 0.3) is 0 Å². The molecular formula is C14H16O5. The van der Waals surface area contributed by atoms with Gasteiger partial charge in [0.2, 0.25) is 0 Å². The summed E-state index contributed by atoms with van der Waals surface area (Å²) in [6.07, 6.45) is 0.842. The lowest BCUT2D eigenvalue weighted by atomic mass is 10.1. The van der Waals surface area contributed by atoms with Crippen molar-refractivity contribution in [3.63, 3.8) is 0 Å². The van der Waals surface area contributed by atoms with E-state index in [4.69, 9.17) is 9.84 Å². The molecular weight excluding hydrogens is 248 g/mol. The number of esters is 1. The van der Waals surface area contributed by atoms with Gasteiger partial charge in [0.05, 0.1) is 18.9 Å². The van der Waals surface area contributed by atoms with Gasteiger partial charge in [-0.15, -0.1) is 6.58 Å². The van der Waals surface area contributed by atoms with Crippen molar-refractivity contribution in [1.82, 2.24) is 0 Å². The molecule has 5 heteroatoms. The molecule has 0 saturated heterocycles. The first-order chi connectivity index (χ1) is 9.02. The van der Waals surface area contributed by atoms with Gasteiger partial charge in [-0.2, -0.15) is 0 Å². The van der Waals surface area contributed by atoms with Crippen LogP contribution in [0.5, 0.6) is 5.75 Å². The minimum absolute atomic E-state index is 0.186. The Balaban J connectivity index is 2.63. The Morgan fingerprint density at radius 3 is 2.74 bits per heavy atom. The van der Waals surface area contributed by atoms with Crippen molar-refractivity contribution < 1.29 is 24.5 Å². The Labute approximate surface area is 111 Å². The third kappa shape index (κ3) is 5.35. The van der Waals surface area contributed by atoms with E-state index in [1.165, 1.54) is 0 Å². The molecule has 0 aliphatic carbocycles. The summed E-state index contributed by atoms with van der Waals surface area (Å²) in [5.74, 6) is -1.37. The van der Waals surface area contributed by atoms with Crippen LogP contribution in [0.4, 0.5) is 0 Å². The van der Waals surface area contributed by atoms with Gasteiger partial charge in [0.15, 0.2) is 0 Å². The fourth-order valence-electron chi connectivity index (χ4n) is 1.47. The lowest BCUT2D eigenvalue weighted by Gasteiger charge is -2.10. The summed E-state index contributed by atoms with van der Waals surface area (Å²) < 4.78 is 4.99. The van der Waals surface area contributed by atoms with Crippen LogP contribution in [0.15, 0.2) is 36.9 Å². The van der Waals surface area contributed by atoms with E-state index < -0.39 is 18.0 Å². The van der Waals surface area contributed by atoms with E-state index in [0.717, 1.165) is 0 Å². The summed E-state index contributed by atoms with van der Waals surface area (Å²) in [5, 5.41) is 18.2. The van der Waals surface area contributed by atoms with Crippen molar-refractivity contribution in [2.24, 2.45) is 0 Å². The Morgan fingerprint density at radius 2 is 2.11 bits per heavy atom. The number of carbonyl (C=O) groups excluding carboxylic acids is 1. The SMILES string of the molecule is C=CCC(O)c1cccc(OC(=O)CCC(=O)O)c1. The second-order valence-electron chi connectivity index (χ2n) is 3.98. The molecule has 1 atom stereocenters. The molecule has 0 radical (unpaired) electrons. The fraction of sp³-hybridized carbons (Fsp3) is 0.286. The minimum atomic E-state index is -1.05. The lowest BCUT2D eigenvalue weighted by molar-refractivity contribution is -0.142. The molecule has 0 heterocycles. The second-order valence-corrected chi connectivity index (χ2v) is 3.98. The van der Waals surface area contributed by atoms with Crippen LogP contribution in [0.3, 0.4) is 0 Å². The van der Waals surface area contributed by atoms with Crippen LogP contribution in [0, 0.1) is 0 Å². The molecule has 0 amide bonds. The van der Waals surface area contributed by atoms with Crippen LogP contribution in [-0.2, 0) is 9.59 Å². The van der Waals surface area contributed by atoms with Crippen molar-refractivity contribution in [2.75, 3.05) is 0 Å². The number of aliphatic hydroxyl groups is 1. The Bertz CT molecular complexity index is 467. The maximum atomic E-state index is 11.4. The van der Waals surface area contributed by atoms with Crippen LogP contribution in [0.2, 0.25) is 0 Å². The number of carboxylic acids is 1. The highest BCUT2D eigenvalue weighted by Gasteiger charge is 2.10. The predicted molar refractivity (Wildman–Crippen MR) is 68.7 cm³/mol. The molecule has 2 N–H and O–H groups in total. The van der Waals surface area contributed by atoms with E-state index in [0.29, 0.717) is 12.0 Å². The molecule has 0 aliphatic rings. The smallest absolute Gasteiger partial charge is 0.311 e. The summed E-state index contributed by atoms with van der Waals surface area (Å²) in [5.41, 5.74) is 0.614. The predicted octanol–water partition coefficient (Wildman–Crippen LogP) is 2.07. The third-order valence-corrected chi connectivity index (χ3v) is 2.41. The van der Waals surface area contributed by atoms with Gasteiger partial charge in [-0.25, -0.2) is 0 Å². The maximum Gasteiger partial charge on any atom is 0.311 e. The number of carbonyl (C=O) groups is 2. The Hall–Kier alpha value is -2.14. The van der Waals surface area contributed by atoms with Gasteiger partial charge in [0, 0.05) is 0 Å². The molecule has 1 aromatic carbocycles. The number of aliphatic carboxylic acids is 1. The van der Waals surface area contributed by atoms with Gasteiger partial charge in [-0.3, -0.25) is 9.59 Å². The number of carboxylic acid groups (broad SMARTS) is 1. The molecule has 1 unspecified atom stereocenters. The summed E-state index contributed by atoms with van der Waals surface area (Å²) in [7, 11) is 0. The molecule has 0 spiro atoms. The third-order valence-electron chi connectivity index (χ3n) is 2.41. The fourth-order valence-corrected chi connectivity index (χ4v) is 1.47. The lowest BCUT2D eigenvalue weighted by Crippen LogP contribution is -2.10. The van der Waals surface area contributed by atoms with E-state index in [9.17, 15) is 14.7 Å². The quantitative estimate of drug-likeness (QED) is 0.447. The Morgan fingerprint density at radius 1 is 1.37 bits per heavy atom. The zero-order chi connectivity index (χ0) is 14.3. The monoisotopic (exact) mass is 264 g/mol. The largest absolute Gasteiger partial charge is 0.481 e. The van der Waals surface area contributed by atoms with Crippen LogP contribution >= 0.6 is 0 Å². The molecule has 0 saturated carbocycles. The van der Waals surface area contributed by atoms with Crippen molar-refractivity contribution in [3.8, 4) is 5.75 Å². The van der Waals surface area contributed by atoms with Gasteiger partial charge >= 0.3 is 11.9 Å². The summed E-state index contributed by atoms with van der Waals surface area (Å²) in [4.78, 5) is 21.7. The molecule has 0 aromatic heterocycles. The number of ether oxygens (including phenoxy) is 1. The van der Waals surface area contributed by atoms with Gasteiger partial charge in [-0.05, 0) is 24.1 Å². The topological polar surface area (TPSA) is 83.8 Å². The number of rotatable bonds is 7. The first kappa shape index (κ1) is 14.9. The zero-order valence-electron chi connectivity index (χ0n) is 10.4. The van der Waals surface area contributed by atoms with Gasteiger partial charge in [0.1, 0.15) is 5.75 Å². The highest BCUT2D eigenvalue weighted by molar-refractivity contribution is 5.78. The van der Waals surface area contributed by atoms with E-state index in [-0.39, 0.29) is 18.6 Å². The molecule has 0 fully saturated rings. The van der Waals surface area contributed by atoms with E-state index in [1.807, 2.05) is 0 Å². The van der Waals surface area contributed by atoms with Gasteiger partial charge in [-0.1, -0.05) is 18.2 Å². The molecule has 1 aromatic rings. The first-order valence-electron chi connectivity index (χ1n) is 5.84. The van der Waals surface area contributed by atoms with E-state index in [1.54, 1.807) is 30.3 Å². The normalized spacial score (nSPS) is 11.6. The van der Waals surface area contributed by atoms with E-state index in [2.05, 4.69) is 6.58 Å². The number of hydrogen-bond acceptors (Lipinski definition) is 4. The number of hydrogen-bond donors (Lipinski definition) is 2. The van der Waals surface area contributed by atoms with E-state index >= 15 is 0 Å². The number of aliphatic hydroxyl groups excluding tert-OH is 1. The van der Waals surface area contributed by atoms with Crippen LogP contribution in [-0.4, -0.2) is 22.2 Å². The zero-order valence-corrected chi connectivity index (χ0v) is 10.4. The Kier molecular flexibility index (Phi) is 5.75. The first-order valence-corrected chi connectivity index (χ1v) is 5.84. The summed E-state index contributed by atoms with van der Waals surface area (Å²) in [6.45, 7) is 3.54. The molecule has 0 aliphatic heterocycles. The molecule has 102 valence electrons. The molecule has 1 rings (SSSR count). The number of benzene rings is 1. The maximum absolute atomic E-state index is 11.4.